The van der Waals surface area contributed by atoms with Crippen LogP contribution in [0.4, 0.5) is 5.69 Å². The molecule has 0 saturated carbocycles. The fourth-order valence-corrected chi connectivity index (χ4v) is 3.78. The van der Waals surface area contributed by atoms with E-state index in [2.05, 4.69) is 24.2 Å². The van der Waals surface area contributed by atoms with E-state index in [0.717, 1.165) is 29.1 Å². The van der Waals surface area contributed by atoms with Crippen molar-refractivity contribution >= 4 is 22.6 Å². The van der Waals surface area contributed by atoms with Gasteiger partial charge in [-0.15, -0.1) is 0 Å². The highest BCUT2D eigenvalue weighted by atomic mass is 32.2. The quantitative estimate of drug-likeness (QED) is 0.843. The summed E-state index contributed by atoms with van der Waals surface area (Å²) in [6.45, 7) is 8.18. The van der Waals surface area contributed by atoms with Gasteiger partial charge in [0.1, 0.15) is 5.75 Å². The summed E-state index contributed by atoms with van der Waals surface area (Å²) in [7, 11) is 0. The van der Waals surface area contributed by atoms with Crippen LogP contribution < -0.4 is 10.1 Å². The minimum absolute atomic E-state index is 0.634. The summed E-state index contributed by atoms with van der Waals surface area (Å²) >= 11 is 1.88. The second kappa shape index (κ2) is 7.58. The Hall–Kier alpha value is -1.16. The van der Waals surface area contributed by atoms with Gasteiger partial charge in [0.05, 0.1) is 13.2 Å². The van der Waals surface area contributed by atoms with E-state index in [-0.39, 0.29) is 0 Å². The number of amidine groups is 1. The summed E-state index contributed by atoms with van der Waals surface area (Å²) in [5, 5.41) is 5.08. The van der Waals surface area contributed by atoms with E-state index in [9.17, 15) is 0 Å². The van der Waals surface area contributed by atoms with Gasteiger partial charge in [-0.3, -0.25) is 4.99 Å². The van der Waals surface area contributed by atoms with Crippen molar-refractivity contribution in [3.63, 3.8) is 0 Å². The fourth-order valence-electron chi connectivity index (χ4n) is 2.44. The summed E-state index contributed by atoms with van der Waals surface area (Å²) in [5.41, 5.74) is 1.07. The minimum Gasteiger partial charge on any atom is -0.494 e. The molecule has 0 fully saturated rings. The topological polar surface area (TPSA) is 33.6 Å². The van der Waals surface area contributed by atoms with Crippen LogP contribution in [0.25, 0.3) is 0 Å². The maximum absolute atomic E-state index is 5.45. The number of hydrogen-bond donors (Lipinski definition) is 1. The van der Waals surface area contributed by atoms with Gasteiger partial charge >= 0.3 is 0 Å². The normalized spacial score (nSPS) is 18.2. The third kappa shape index (κ3) is 3.92. The Bertz CT molecular complexity index is 440. The number of hydrogen-bond acceptors (Lipinski definition) is 4. The lowest BCUT2D eigenvalue weighted by Crippen LogP contribution is -2.17. The first-order valence-corrected chi connectivity index (χ1v) is 8.35. The summed E-state index contributed by atoms with van der Waals surface area (Å²) < 4.78 is 5.45. The lowest BCUT2D eigenvalue weighted by atomic mass is 9.99. The molecule has 1 heterocycles. The molecule has 0 saturated heterocycles. The first kappa shape index (κ1) is 15.2. The van der Waals surface area contributed by atoms with E-state index in [1.54, 1.807) is 0 Å². The van der Waals surface area contributed by atoms with Gasteiger partial charge in [0.15, 0.2) is 5.17 Å². The molecule has 1 unspecified atom stereocenters. The molecule has 1 N–H and O–H groups in total. The Balaban J connectivity index is 1.88. The van der Waals surface area contributed by atoms with Crippen LogP contribution >= 0.6 is 11.8 Å². The van der Waals surface area contributed by atoms with Crippen LogP contribution in [0.2, 0.25) is 0 Å². The standard InChI is InChI=1S/C16H24N2OS/c1-4-12(5-2)15-11-17-16(20-15)18-13-7-9-14(10-8-13)19-6-3/h7-10,12,15H,4-6,11H2,1-3H3,(H,17,18). The first-order chi connectivity index (χ1) is 9.76. The molecular weight excluding hydrogens is 268 g/mol. The molecule has 4 heteroatoms. The van der Waals surface area contributed by atoms with Crippen LogP contribution in [0.1, 0.15) is 33.6 Å². The summed E-state index contributed by atoms with van der Waals surface area (Å²) in [6.07, 6.45) is 2.47. The molecule has 3 nitrogen and oxygen atoms in total. The molecule has 0 aliphatic carbocycles. The number of rotatable bonds is 6. The second-order valence-corrected chi connectivity index (χ2v) is 6.19. The van der Waals surface area contributed by atoms with E-state index in [0.29, 0.717) is 11.9 Å². The Labute approximate surface area is 126 Å². The number of anilines is 1. The third-order valence-corrected chi connectivity index (χ3v) is 4.96. The summed E-state index contributed by atoms with van der Waals surface area (Å²) in [5.74, 6) is 1.68. The average Bonchev–Trinajstić information content (AvgIpc) is 2.91. The summed E-state index contributed by atoms with van der Waals surface area (Å²) in [4.78, 5) is 4.63. The number of aliphatic imine (C=N–C) groups is 1. The van der Waals surface area contributed by atoms with Crippen LogP contribution in [-0.2, 0) is 0 Å². The molecule has 110 valence electrons. The first-order valence-electron chi connectivity index (χ1n) is 7.47. The Kier molecular flexibility index (Phi) is 5.77. The zero-order valence-corrected chi connectivity index (χ0v) is 13.4. The van der Waals surface area contributed by atoms with E-state index in [1.165, 1.54) is 12.8 Å². The Morgan fingerprint density at radius 1 is 1.25 bits per heavy atom. The van der Waals surface area contributed by atoms with Gasteiger partial charge in [-0.05, 0) is 37.1 Å². The van der Waals surface area contributed by atoms with Crippen LogP contribution in [0.3, 0.4) is 0 Å². The van der Waals surface area contributed by atoms with E-state index < -0.39 is 0 Å². The van der Waals surface area contributed by atoms with Crippen molar-refractivity contribution in [1.29, 1.82) is 0 Å². The number of nitrogens with zero attached hydrogens (tertiary/aromatic N) is 1. The number of ether oxygens (including phenoxy) is 1. The molecule has 1 atom stereocenters. The SMILES string of the molecule is CCOc1ccc(NC2=NCC(C(CC)CC)S2)cc1. The van der Waals surface area contributed by atoms with Crippen molar-refractivity contribution < 1.29 is 4.74 Å². The Morgan fingerprint density at radius 2 is 1.95 bits per heavy atom. The molecule has 1 aromatic rings. The highest BCUT2D eigenvalue weighted by molar-refractivity contribution is 8.15. The van der Waals surface area contributed by atoms with E-state index in [4.69, 9.17) is 4.74 Å². The fraction of sp³-hybridized carbons (Fsp3) is 0.562. The number of nitrogens with one attached hydrogen (secondary N) is 1. The van der Waals surface area contributed by atoms with Crippen molar-refractivity contribution in [3.8, 4) is 5.75 Å². The zero-order valence-electron chi connectivity index (χ0n) is 12.6. The molecular formula is C16H24N2OS. The van der Waals surface area contributed by atoms with Crippen molar-refractivity contribution in [1.82, 2.24) is 0 Å². The lowest BCUT2D eigenvalue weighted by molar-refractivity contribution is 0.340. The molecule has 1 aliphatic rings. The third-order valence-electron chi connectivity index (χ3n) is 3.67. The average molecular weight is 292 g/mol. The molecule has 2 rings (SSSR count). The van der Waals surface area contributed by atoms with Crippen molar-refractivity contribution in [2.75, 3.05) is 18.5 Å². The Morgan fingerprint density at radius 3 is 2.55 bits per heavy atom. The lowest BCUT2D eigenvalue weighted by Gasteiger charge is -2.18. The highest BCUT2D eigenvalue weighted by Crippen LogP contribution is 2.31. The van der Waals surface area contributed by atoms with Crippen LogP contribution in [0.5, 0.6) is 5.75 Å². The monoisotopic (exact) mass is 292 g/mol. The van der Waals surface area contributed by atoms with Gasteiger partial charge in [-0.1, -0.05) is 38.5 Å². The predicted octanol–water partition coefficient (Wildman–Crippen LogP) is 4.40. The largest absolute Gasteiger partial charge is 0.494 e. The van der Waals surface area contributed by atoms with Gasteiger partial charge in [0.2, 0.25) is 0 Å². The highest BCUT2D eigenvalue weighted by Gasteiger charge is 2.25. The van der Waals surface area contributed by atoms with Crippen molar-refractivity contribution in [2.24, 2.45) is 10.9 Å². The molecule has 1 aliphatic heterocycles. The molecule has 0 spiro atoms. The zero-order chi connectivity index (χ0) is 14.4. The minimum atomic E-state index is 0.634. The molecule has 0 aromatic heterocycles. The van der Waals surface area contributed by atoms with Crippen LogP contribution in [0, 0.1) is 5.92 Å². The smallest absolute Gasteiger partial charge is 0.161 e. The van der Waals surface area contributed by atoms with Gasteiger partial charge in [-0.25, -0.2) is 0 Å². The maximum Gasteiger partial charge on any atom is 0.161 e. The molecule has 0 amide bonds. The van der Waals surface area contributed by atoms with Gasteiger partial charge in [0.25, 0.3) is 0 Å². The van der Waals surface area contributed by atoms with Crippen LogP contribution in [-0.4, -0.2) is 23.6 Å². The van der Waals surface area contributed by atoms with Crippen molar-refractivity contribution in [3.05, 3.63) is 24.3 Å². The van der Waals surface area contributed by atoms with E-state index in [1.807, 2.05) is 43.0 Å². The predicted molar refractivity (Wildman–Crippen MR) is 89.0 cm³/mol. The molecule has 20 heavy (non-hydrogen) atoms. The number of benzene rings is 1. The van der Waals surface area contributed by atoms with Crippen LogP contribution in [0.15, 0.2) is 29.3 Å². The summed E-state index contributed by atoms with van der Waals surface area (Å²) in [6, 6.07) is 8.06. The van der Waals surface area contributed by atoms with Gasteiger partial charge < -0.3 is 10.1 Å². The molecule has 0 bridgehead atoms. The number of thioether (sulfide) groups is 1. The van der Waals surface area contributed by atoms with Crippen molar-refractivity contribution in [2.45, 2.75) is 38.9 Å². The second-order valence-electron chi connectivity index (χ2n) is 4.96. The van der Waals surface area contributed by atoms with E-state index >= 15 is 0 Å². The van der Waals surface area contributed by atoms with Gasteiger partial charge in [0, 0.05) is 10.9 Å². The molecule has 1 aromatic carbocycles. The molecule has 0 radical (unpaired) electrons. The maximum atomic E-state index is 5.45. The van der Waals surface area contributed by atoms with Gasteiger partial charge in [-0.2, -0.15) is 0 Å².